The van der Waals surface area contributed by atoms with Crippen LogP contribution >= 0.6 is 0 Å². The second kappa shape index (κ2) is 15.3. The van der Waals surface area contributed by atoms with Crippen LogP contribution in [-0.2, 0) is 32.1 Å². The van der Waals surface area contributed by atoms with Crippen LogP contribution in [-0.4, -0.2) is 73.5 Å². The summed E-state index contributed by atoms with van der Waals surface area (Å²) in [4.78, 5) is 32.5. The Labute approximate surface area is 270 Å². The van der Waals surface area contributed by atoms with Gasteiger partial charge in [0, 0.05) is 38.2 Å². The number of urea groups is 1. The van der Waals surface area contributed by atoms with E-state index in [1.165, 1.54) is 36.1 Å². The zero-order chi connectivity index (χ0) is 35.2. The SMILES string of the molecule is CC.CCC(F)(F)c1ccc(CNC(=O)[C@H]2CN(C(=O)NC3=NOC(C)C3C)CCN2S(=O)(=O)c2ccc(OC(F)(F)F)cc2)cc1. The third-order valence-corrected chi connectivity index (χ3v) is 9.48. The number of ether oxygens (including phenoxy) is 1. The van der Waals surface area contributed by atoms with Crippen molar-refractivity contribution in [2.24, 2.45) is 11.1 Å². The second-order valence-electron chi connectivity index (χ2n) is 10.6. The number of rotatable bonds is 8. The molecular formula is C30H38F5N5O6S. The lowest BCUT2D eigenvalue weighted by atomic mass is 10.0. The van der Waals surface area contributed by atoms with E-state index in [2.05, 4.69) is 20.5 Å². The van der Waals surface area contributed by atoms with Gasteiger partial charge in [-0.2, -0.15) is 4.31 Å². The van der Waals surface area contributed by atoms with Crippen molar-refractivity contribution in [2.75, 3.05) is 19.6 Å². The zero-order valence-electron chi connectivity index (χ0n) is 26.5. The van der Waals surface area contributed by atoms with Crippen LogP contribution in [0.4, 0.5) is 26.7 Å². The van der Waals surface area contributed by atoms with Crippen molar-refractivity contribution in [1.29, 1.82) is 0 Å². The fraction of sp³-hybridized carbons (Fsp3) is 0.500. The van der Waals surface area contributed by atoms with Crippen LogP contribution in [0.3, 0.4) is 0 Å². The Hall–Kier alpha value is -3.99. The minimum absolute atomic E-state index is 0.130. The number of amidine groups is 1. The van der Waals surface area contributed by atoms with Gasteiger partial charge in [-0.3, -0.25) is 10.1 Å². The Morgan fingerprint density at radius 3 is 2.15 bits per heavy atom. The van der Waals surface area contributed by atoms with E-state index in [1.807, 2.05) is 13.8 Å². The van der Waals surface area contributed by atoms with Gasteiger partial charge in [0.05, 0.1) is 10.8 Å². The smallest absolute Gasteiger partial charge is 0.406 e. The largest absolute Gasteiger partial charge is 0.573 e. The minimum Gasteiger partial charge on any atom is -0.406 e. The van der Waals surface area contributed by atoms with Crippen LogP contribution in [0.5, 0.6) is 5.75 Å². The Kier molecular flexibility index (Phi) is 12.2. The number of carbonyl (C=O) groups excluding carboxylic acids is 2. The lowest BCUT2D eigenvalue weighted by Gasteiger charge is -2.39. The van der Waals surface area contributed by atoms with E-state index < -0.39 is 57.4 Å². The van der Waals surface area contributed by atoms with Gasteiger partial charge < -0.3 is 19.8 Å². The van der Waals surface area contributed by atoms with Crippen molar-refractivity contribution in [3.05, 3.63) is 59.7 Å². The molecule has 2 aromatic carbocycles. The molecule has 0 bridgehead atoms. The monoisotopic (exact) mass is 691 g/mol. The number of hydrogen-bond acceptors (Lipinski definition) is 7. The third-order valence-electron chi connectivity index (χ3n) is 7.56. The Bertz CT molecular complexity index is 1520. The lowest BCUT2D eigenvalue weighted by molar-refractivity contribution is -0.274. The molecular weight excluding hydrogens is 653 g/mol. The van der Waals surface area contributed by atoms with Crippen molar-refractivity contribution in [3.8, 4) is 5.75 Å². The molecule has 0 spiro atoms. The van der Waals surface area contributed by atoms with Gasteiger partial charge in [0.2, 0.25) is 15.9 Å². The number of hydrogen-bond donors (Lipinski definition) is 2. The molecule has 2 aliphatic rings. The van der Waals surface area contributed by atoms with Gasteiger partial charge in [0.1, 0.15) is 17.9 Å². The average Bonchev–Trinajstić information content (AvgIpc) is 3.36. The molecule has 0 radical (unpaired) electrons. The molecule has 260 valence electrons. The number of oxime groups is 1. The third kappa shape index (κ3) is 9.31. The highest BCUT2D eigenvalue weighted by Crippen LogP contribution is 2.31. The summed E-state index contributed by atoms with van der Waals surface area (Å²) in [6, 6.07) is 6.68. The molecule has 11 nitrogen and oxygen atoms in total. The molecule has 3 atom stereocenters. The van der Waals surface area contributed by atoms with Gasteiger partial charge in [-0.1, -0.05) is 57.1 Å². The average molecular weight is 692 g/mol. The molecule has 4 rings (SSSR count). The topological polar surface area (TPSA) is 130 Å². The molecule has 47 heavy (non-hydrogen) atoms. The summed E-state index contributed by atoms with van der Waals surface area (Å²) in [6.07, 6.45) is -5.66. The number of halogens is 5. The Balaban J connectivity index is 0.00000294. The molecule has 2 N–H and O–H groups in total. The molecule has 0 saturated carbocycles. The normalized spacial score (nSPS) is 20.3. The van der Waals surface area contributed by atoms with Gasteiger partial charge in [0.15, 0.2) is 5.84 Å². The summed E-state index contributed by atoms with van der Waals surface area (Å²) in [6.45, 7) is 7.93. The molecule has 0 aliphatic carbocycles. The van der Waals surface area contributed by atoms with Crippen LogP contribution in [0.1, 0.15) is 52.2 Å². The first-order valence-corrected chi connectivity index (χ1v) is 16.4. The van der Waals surface area contributed by atoms with Crippen molar-refractivity contribution < 1.29 is 49.5 Å². The van der Waals surface area contributed by atoms with E-state index in [0.717, 1.165) is 28.6 Å². The molecule has 2 heterocycles. The van der Waals surface area contributed by atoms with E-state index in [0.29, 0.717) is 5.56 Å². The van der Waals surface area contributed by atoms with E-state index in [9.17, 15) is 40.0 Å². The number of sulfonamides is 1. The number of amides is 3. The van der Waals surface area contributed by atoms with Crippen LogP contribution in [0.25, 0.3) is 0 Å². The van der Waals surface area contributed by atoms with Gasteiger partial charge in [-0.25, -0.2) is 22.0 Å². The first kappa shape index (κ1) is 37.5. The highest BCUT2D eigenvalue weighted by Gasteiger charge is 2.42. The van der Waals surface area contributed by atoms with Gasteiger partial charge in [-0.05, 0) is 36.8 Å². The van der Waals surface area contributed by atoms with Gasteiger partial charge in [-0.15, -0.1) is 13.2 Å². The van der Waals surface area contributed by atoms with Gasteiger partial charge in [0.25, 0.3) is 5.92 Å². The lowest BCUT2D eigenvalue weighted by Crippen LogP contribution is -2.62. The first-order chi connectivity index (χ1) is 22.0. The van der Waals surface area contributed by atoms with Crippen LogP contribution in [0.15, 0.2) is 58.6 Å². The number of alkyl halides is 5. The van der Waals surface area contributed by atoms with E-state index >= 15 is 0 Å². The number of nitrogens with one attached hydrogen (secondary N) is 2. The molecule has 17 heteroatoms. The highest BCUT2D eigenvalue weighted by atomic mass is 32.2. The van der Waals surface area contributed by atoms with Crippen LogP contribution in [0, 0.1) is 5.92 Å². The zero-order valence-corrected chi connectivity index (χ0v) is 27.3. The number of piperazine rings is 1. The standard InChI is InChI=1S/C28H32F5N5O6S.C2H6/c1-4-27(29,30)20-7-5-19(6-8-20)15-34-25(39)23-16-37(26(40)35-24-17(2)18(3)44-36-24)13-14-38(23)45(41,42)22-11-9-21(10-12-22)43-28(31,32)33;1-2/h5-12,17-18,23H,4,13-16H2,1-3H3,(H,34,39)(H,35,36,40);1-2H3/t17?,18?,23-;/m1./s1. The fourth-order valence-corrected chi connectivity index (χ4v) is 6.21. The van der Waals surface area contributed by atoms with E-state index in [4.69, 9.17) is 4.84 Å². The summed E-state index contributed by atoms with van der Waals surface area (Å²) in [5.74, 6) is -4.42. The van der Waals surface area contributed by atoms with Crippen molar-refractivity contribution >= 4 is 27.8 Å². The molecule has 3 amide bonds. The first-order valence-electron chi connectivity index (χ1n) is 14.9. The maximum Gasteiger partial charge on any atom is 0.573 e. The predicted octanol–water partition coefficient (Wildman–Crippen LogP) is 5.18. The van der Waals surface area contributed by atoms with Crippen molar-refractivity contribution in [2.45, 2.75) is 76.9 Å². The highest BCUT2D eigenvalue weighted by molar-refractivity contribution is 7.89. The minimum atomic E-state index is -4.98. The Morgan fingerprint density at radius 1 is 1.00 bits per heavy atom. The Morgan fingerprint density at radius 2 is 1.62 bits per heavy atom. The maximum atomic E-state index is 14.0. The summed E-state index contributed by atoms with van der Waals surface area (Å²) in [5.41, 5.74) is 0.264. The second-order valence-corrected chi connectivity index (χ2v) is 12.5. The quantitative estimate of drug-likeness (QED) is 0.367. The van der Waals surface area contributed by atoms with Crippen molar-refractivity contribution in [3.63, 3.8) is 0 Å². The van der Waals surface area contributed by atoms with Crippen LogP contribution < -0.4 is 15.4 Å². The summed E-state index contributed by atoms with van der Waals surface area (Å²) in [7, 11) is -4.46. The van der Waals surface area contributed by atoms with Crippen LogP contribution in [0.2, 0.25) is 0 Å². The number of nitrogens with zero attached hydrogens (tertiary/aromatic N) is 3. The molecule has 1 fully saturated rings. The molecule has 0 aromatic heterocycles. The van der Waals surface area contributed by atoms with Crippen molar-refractivity contribution in [1.82, 2.24) is 19.8 Å². The van der Waals surface area contributed by atoms with E-state index in [-0.39, 0.29) is 49.6 Å². The number of carbonyl (C=O) groups is 2. The summed E-state index contributed by atoms with van der Waals surface area (Å²) >= 11 is 0. The fourth-order valence-electron chi connectivity index (χ4n) is 4.64. The summed E-state index contributed by atoms with van der Waals surface area (Å²) < 4.78 is 97.6. The number of benzene rings is 2. The van der Waals surface area contributed by atoms with Gasteiger partial charge >= 0.3 is 12.4 Å². The molecule has 2 unspecified atom stereocenters. The predicted molar refractivity (Wildman–Crippen MR) is 162 cm³/mol. The molecule has 2 aromatic rings. The molecule has 1 saturated heterocycles. The maximum absolute atomic E-state index is 14.0. The molecule has 2 aliphatic heterocycles. The van der Waals surface area contributed by atoms with E-state index in [1.54, 1.807) is 13.8 Å². The summed E-state index contributed by atoms with van der Waals surface area (Å²) in [5, 5.41) is 9.06.